The molecule has 0 aromatic heterocycles. The molecule has 0 saturated heterocycles. The molecule has 0 spiro atoms. The molecule has 0 amide bonds. The summed E-state index contributed by atoms with van der Waals surface area (Å²) >= 11 is 0. The number of aliphatic carboxylic acids is 1. The Morgan fingerprint density at radius 3 is 2.17 bits per heavy atom. The Labute approximate surface area is 117 Å². The third-order valence-electron chi connectivity index (χ3n) is 1.42. The fraction of sp³-hybridized carbons (Fsp3) is 0.875. The number of carboxylic acid groups (broad SMARTS) is 1. The number of hydrogen-bond acceptors (Lipinski definition) is 1. The Morgan fingerprint density at radius 1 is 1.33 bits per heavy atom. The number of carbonyl (C=O) groups is 1. The normalized spacial score (nSPS) is 8.58. The van der Waals surface area contributed by atoms with E-state index in [1.165, 1.54) is 0 Å². The summed E-state index contributed by atoms with van der Waals surface area (Å²) in [5, 5.41) is 8.28. The van der Waals surface area contributed by atoms with Crippen LogP contribution in [0.3, 0.4) is 0 Å². The van der Waals surface area contributed by atoms with Crippen molar-refractivity contribution in [3.8, 4) is 0 Å². The topological polar surface area (TPSA) is 37.3 Å². The summed E-state index contributed by atoms with van der Waals surface area (Å²) in [4.78, 5) is 10.0. The van der Waals surface area contributed by atoms with Crippen LogP contribution in [0.1, 0.15) is 39.5 Å². The molecular formula is C8H18CaO2Zn. The molecule has 0 aromatic carbocycles. The van der Waals surface area contributed by atoms with Crippen LogP contribution in [0.5, 0.6) is 0 Å². The molecule has 0 fully saturated rings. The molecule has 1 N–H and O–H groups in total. The molecule has 0 rings (SSSR count). The van der Waals surface area contributed by atoms with Crippen LogP contribution in [0.4, 0.5) is 0 Å². The van der Waals surface area contributed by atoms with Gasteiger partial charge in [0.2, 0.25) is 0 Å². The van der Waals surface area contributed by atoms with Gasteiger partial charge in [0.15, 0.2) is 0 Å². The zero-order valence-corrected chi connectivity index (χ0v) is 10.4. The quantitative estimate of drug-likeness (QED) is 0.592. The summed E-state index contributed by atoms with van der Waals surface area (Å²) < 4.78 is 0. The SMILES string of the molecule is CC(C)CCCCC(=O)O.[CaH2].[Zn]. The van der Waals surface area contributed by atoms with Crippen molar-refractivity contribution < 1.29 is 29.4 Å². The van der Waals surface area contributed by atoms with E-state index in [1.54, 1.807) is 0 Å². The average Bonchev–Trinajstić information content (AvgIpc) is 1.79. The molecule has 0 aromatic rings. The Balaban J connectivity index is -0.000000405. The van der Waals surface area contributed by atoms with Gasteiger partial charge in [0, 0.05) is 25.9 Å². The average molecular weight is 252 g/mol. The molecular weight excluding hydrogens is 234 g/mol. The Bertz CT molecular complexity index is 107. The third-order valence-corrected chi connectivity index (χ3v) is 1.42. The maximum Gasteiger partial charge on any atom is 0 e. The van der Waals surface area contributed by atoms with Crippen molar-refractivity contribution in [2.75, 3.05) is 0 Å². The molecule has 0 atom stereocenters. The Kier molecular flexibility index (Phi) is 19.6. The van der Waals surface area contributed by atoms with Crippen molar-refractivity contribution in [3.63, 3.8) is 0 Å². The van der Waals surface area contributed by atoms with E-state index in [1.807, 2.05) is 0 Å². The first-order chi connectivity index (χ1) is 4.63. The minimum absolute atomic E-state index is 0. The van der Waals surface area contributed by atoms with E-state index in [2.05, 4.69) is 13.8 Å². The predicted octanol–water partition coefficient (Wildman–Crippen LogP) is 1.37. The standard InChI is InChI=1S/C8H16O2.Ca.Zn.2H/c1-7(2)5-3-4-6-8(9)10;;;;/h7H,3-6H2,1-2H3,(H,9,10);;;;. The molecule has 0 aliphatic rings. The molecule has 0 aliphatic carbocycles. The van der Waals surface area contributed by atoms with Crippen LogP contribution >= 0.6 is 0 Å². The predicted molar refractivity (Wildman–Crippen MR) is 49.5 cm³/mol. The van der Waals surface area contributed by atoms with E-state index in [0.717, 1.165) is 19.3 Å². The van der Waals surface area contributed by atoms with Crippen LogP contribution in [-0.2, 0) is 24.3 Å². The molecule has 12 heavy (non-hydrogen) atoms. The molecule has 0 bridgehead atoms. The van der Waals surface area contributed by atoms with Gasteiger partial charge >= 0.3 is 43.7 Å². The first-order valence-corrected chi connectivity index (χ1v) is 3.84. The van der Waals surface area contributed by atoms with E-state index in [-0.39, 0.29) is 57.2 Å². The third kappa shape index (κ3) is 17.4. The molecule has 4 heteroatoms. The summed E-state index contributed by atoms with van der Waals surface area (Å²) in [5.74, 6) is 0.0255. The maximum atomic E-state index is 10.0. The molecule has 0 unspecified atom stereocenters. The van der Waals surface area contributed by atoms with Crippen LogP contribution in [0.15, 0.2) is 0 Å². The molecule has 0 saturated carbocycles. The summed E-state index contributed by atoms with van der Waals surface area (Å²) in [6.07, 6.45) is 3.34. The van der Waals surface area contributed by atoms with Crippen molar-refractivity contribution in [1.82, 2.24) is 0 Å². The second kappa shape index (κ2) is 12.4. The van der Waals surface area contributed by atoms with Gasteiger partial charge in [-0.3, -0.25) is 4.79 Å². The van der Waals surface area contributed by atoms with Gasteiger partial charge in [0.05, 0.1) is 0 Å². The van der Waals surface area contributed by atoms with E-state index in [4.69, 9.17) is 5.11 Å². The number of unbranched alkanes of at least 4 members (excludes halogenated alkanes) is 1. The van der Waals surface area contributed by atoms with Gasteiger partial charge in [0.25, 0.3) is 0 Å². The van der Waals surface area contributed by atoms with Crippen LogP contribution in [0, 0.1) is 5.92 Å². The number of hydrogen-bond donors (Lipinski definition) is 1. The summed E-state index contributed by atoms with van der Waals surface area (Å²) in [5.41, 5.74) is 0. The summed E-state index contributed by atoms with van der Waals surface area (Å²) in [7, 11) is 0. The van der Waals surface area contributed by atoms with E-state index >= 15 is 0 Å². The fourth-order valence-electron chi connectivity index (χ4n) is 0.829. The first-order valence-electron chi connectivity index (χ1n) is 3.84. The minimum Gasteiger partial charge on any atom is 0 e. The maximum absolute atomic E-state index is 10.0. The van der Waals surface area contributed by atoms with Gasteiger partial charge in [-0.2, -0.15) is 0 Å². The molecule has 0 aliphatic heterocycles. The number of rotatable bonds is 5. The van der Waals surface area contributed by atoms with Crippen molar-refractivity contribution in [2.24, 2.45) is 5.92 Å². The Morgan fingerprint density at radius 2 is 1.83 bits per heavy atom. The van der Waals surface area contributed by atoms with Crippen molar-refractivity contribution in [1.29, 1.82) is 0 Å². The molecule has 66 valence electrons. The zero-order valence-electron chi connectivity index (χ0n) is 7.47. The fourth-order valence-corrected chi connectivity index (χ4v) is 0.829. The van der Waals surface area contributed by atoms with Crippen LogP contribution in [0.2, 0.25) is 0 Å². The second-order valence-corrected chi connectivity index (χ2v) is 3.03. The van der Waals surface area contributed by atoms with Gasteiger partial charge < -0.3 is 5.11 Å². The van der Waals surface area contributed by atoms with Crippen LogP contribution < -0.4 is 0 Å². The van der Waals surface area contributed by atoms with Gasteiger partial charge in [-0.05, 0) is 12.3 Å². The summed E-state index contributed by atoms with van der Waals surface area (Å²) in [6, 6.07) is 0. The van der Waals surface area contributed by atoms with Gasteiger partial charge in [0.1, 0.15) is 0 Å². The van der Waals surface area contributed by atoms with Crippen molar-refractivity contribution in [3.05, 3.63) is 0 Å². The number of carboxylic acids is 1. The first kappa shape index (κ1) is 19.0. The van der Waals surface area contributed by atoms with Crippen LogP contribution in [-0.4, -0.2) is 48.8 Å². The Hall–Kier alpha value is 1.35. The summed E-state index contributed by atoms with van der Waals surface area (Å²) in [6.45, 7) is 4.31. The zero-order chi connectivity index (χ0) is 7.98. The van der Waals surface area contributed by atoms with Gasteiger partial charge in [-0.1, -0.05) is 26.7 Å². The smallest absolute Gasteiger partial charge is 0 e. The molecule has 2 nitrogen and oxygen atoms in total. The molecule has 0 radical (unpaired) electrons. The molecule has 0 heterocycles. The largest absolute Gasteiger partial charge is 0 e. The second-order valence-electron chi connectivity index (χ2n) is 3.03. The van der Waals surface area contributed by atoms with Crippen molar-refractivity contribution >= 4 is 43.7 Å². The monoisotopic (exact) mass is 250 g/mol. The van der Waals surface area contributed by atoms with Gasteiger partial charge in [-0.25, -0.2) is 0 Å². The minimum atomic E-state index is -0.677. The van der Waals surface area contributed by atoms with E-state index < -0.39 is 5.97 Å². The van der Waals surface area contributed by atoms with E-state index in [0.29, 0.717) is 12.3 Å². The van der Waals surface area contributed by atoms with Crippen molar-refractivity contribution in [2.45, 2.75) is 39.5 Å². The van der Waals surface area contributed by atoms with E-state index in [9.17, 15) is 4.79 Å². The van der Waals surface area contributed by atoms with Gasteiger partial charge in [-0.15, -0.1) is 0 Å². The van der Waals surface area contributed by atoms with Crippen LogP contribution in [0.25, 0.3) is 0 Å².